The van der Waals surface area contributed by atoms with Gasteiger partial charge >= 0.3 is 5.69 Å². The van der Waals surface area contributed by atoms with Crippen LogP contribution in [0, 0.1) is 10.1 Å². The van der Waals surface area contributed by atoms with Crippen LogP contribution in [0.3, 0.4) is 0 Å². The lowest BCUT2D eigenvalue weighted by atomic mass is 10.2. The minimum absolute atomic E-state index is 0.124. The van der Waals surface area contributed by atoms with Crippen molar-refractivity contribution in [1.29, 1.82) is 0 Å². The molecular weight excluding hydrogens is 350 g/mol. The highest BCUT2D eigenvalue weighted by atomic mass is 79.9. The molecule has 2 aromatic rings. The van der Waals surface area contributed by atoms with Gasteiger partial charge in [0.1, 0.15) is 11.5 Å². The molecule has 0 saturated carbocycles. The van der Waals surface area contributed by atoms with Gasteiger partial charge in [-0.25, -0.2) is 0 Å². The summed E-state index contributed by atoms with van der Waals surface area (Å²) in [5.74, 6) is 0.961. The normalized spacial score (nSPS) is 10.2. The van der Waals surface area contributed by atoms with Crippen LogP contribution in [-0.4, -0.2) is 12.0 Å². The zero-order valence-electron chi connectivity index (χ0n) is 10.3. The van der Waals surface area contributed by atoms with Gasteiger partial charge in [-0.2, -0.15) is 0 Å². The third kappa shape index (κ3) is 3.20. The summed E-state index contributed by atoms with van der Waals surface area (Å²) in [6, 6.07) is 9.42. The third-order valence-corrected chi connectivity index (χ3v) is 3.27. The van der Waals surface area contributed by atoms with Crippen LogP contribution in [0.5, 0.6) is 17.2 Å². The van der Waals surface area contributed by atoms with Gasteiger partial charge in [0.05, 0.1) is 17.1 Å². The topological polar surface area (TPSA) is 61.6 Å². The number of hydrogen-bond donors (Lipinski definition) is 0. The van der Waals surface area contributed by atoms with E-state index in [-0.39, 0.29) is 11.4 Å². The number of nitro groups is 1. The molecule has 0 atom stereocenters. The number of halogens is 2. The van der Waals surface area contributed by atoms with Gasteiger partial charge in [-0.1, -0.05) is 27.5 Å². The lowest BCUT2D eigenvalue weighted by molar-refractivity contribution is -0.385. The first kappa shape index (κ1) is 14.6. The minimum Gasteiger partial charge on any atom is -0.490 e. The highest BCUT2D eigenvalue weighted by Gasteiger charge is 2.16. The molecule has 0 aromatic heterocycles. The maximum atomic E-state index is 10.8. The molecule has 0 spiro atoms. The van der Waals surface area contributed by atoms with Crippen LogP contribution in [0.15, 0.2) is 40.9 Å². The molecule has 104 valence electrons. The number of ether oxygens (including phenoxy) is 2. The average Bonchev–Trinajstić information content (AvgIpc) is 2.42. The monoisotopic (exact) mass is 357 g/mol. The molecule has 0 amide bonds. The highest BCUT2D eigenvalue weighted by Crippen LogP contribution is 2.36. The number of hydrogen-bond acceptors (Lipinski definition) is 4. The third-order valence-electron chi connectivity index (χ3n) is 2.47. The largest absolute Gasteiger partial charge is 0.490 e. The molecule has 5 nitrogen and oxygen atoms in total. The van der Waals surface area contributed by atoms with E-state index in [0.717, 1.165) is 4.47 Å². The maximum Gasteiger partial charge on any atom is 0.311 e. The Balaban J connectivity index is 2.34. The Morgan fingerprint density at radius 2 is 1.95 bits per heavy atom. The second-order valence-electron chi connectivity index (χ2n) is 3.77. The van der Waals surface area contributed by atoms with E-state index < -0.39 is 4.92 Å². The van der Waals surface area contributed by atoms with Crippen molar-refractivity contribution in [2.45, 2.75) is 0 Å². The molecule has 2 rings (SSSR count). The van der Waals surface area contributed by atoms with Gasteiger partial charge in [0.15, 0.2) is 0 Å². The van der Waals surface area contributed by atoms with Crippen molar-refractivity contribution in [3.63, 3.8) is 0 Å². The van der Waals surface area contributed by atoms with Crippen molar-refractivity contribution in [2.24, 2.45) is 0 Å². The molecule has 0 aliphatic rings. The van der Waals surface area contributed by atoms with E-state index >= 15 is 0 Å². The fourth-order valence-electron chi connectivity index (χ4n) is 1.55. The fourth-order valence-corrected chi connectivity index (χ4v) is 2.05. The first-order valence-corrected chi connectivity index (χ1v) is 6.63. The van der Waals surface area contributed by atoms with Crippen molar-refractivity contribution in [3.8, 4) is 17.2 Å². The Morgan fingerprint density at radius 3 is 2.60 bits per heavy atom. The Labute approximate surface area is 128 Å². The molecule has 20 heavy (non-hydrogen) atoms. The van der Waals surface area contributed by atoms with Crippen molar-refractivity contribution < 1.29 is 14.4 Å². The first-order chi connectivity index (χ1) is 9.51. The molecular formula is C13H9BrClNO4. The SMILES string of the molecule is COc1cc(Oc2cc(Br)ccc2Cl)ccc1[N+](=O)[O-]. The fraction of sp³-hybridized carbons (Fsp3) is 0.0769. The maximum absolute atomic E-state index is 10.8. The average molecular weight is 359 g/mol. The lowest BCUT2D eigenvalue weighted by Crippen LogP contribution is -1.94. The Morgan fingerprint density at radius 1 is 1.20 bits per heavy atom. The summed E-state index contributed by atoms with van der Waals surface area (Å²) < 4.78 is 11.4. The molecule has 0 heterocycles. The molecule has 0 bridgehead atoms. The zero-order chi connectivity index (χ0) is 14.7. The molecule has 7 heteroatoms. The summed E-state index contributed by atoms with van der Waals surface area (Å²) in [6.07, 6.45) is 0. The second kappa shape index (κ2) is 6.11. The zero-order valence-corrected chi connectivity index (χ0v) is 12.6. The van der Waals surface area contributed by atoms with Crippen molar-refractivity contribution in [1.82, 2.24) is 0 Å². The molecule has 0 saturated heterocycles. The lowest BCUT2D eigenvalue weighted by Gasteiger charge is -2.09. The summed E-state index contributed by atoms with van der Waals surface area (Å²) >= 11 is 9.33. The quantitative estimate of drug-likeness (QED) is 0.581. The van der Waals surface area contributed by atoms with Gasteiger partial charge in [-0.05, 0) is 24.3 Å². The molecule has 0 aliphatic carbocycles. The van der Waals surface area contributed by atoms with Gasteiger partial charge in [0.25, 0.3) is 0 Å². The standard InChI is InChI=1S/C13H9BrClNO4/c1-19-13-7-9(3-5-11(13)16(17)18)20-12-6-8(14)2-4-10(12)15/h2-7H,1H3. The highest BCUT2D eigenvalue weighted by molar-refractivity contribution is 9.10. The number of rotatable bonds is 4. The number of methoxy groups -OCH3 is 1. The van der Waals surface area contributed by atoms with Crippen molar-refractivity contribution >= 4 is 33.2 Å². The van der Waals surface area contributed by atoms with E-state index in [4.69, 9.17) is 21.1 Å². The summed E-state index contributed by atoms with van der Waals surface area (Å²) in [5, 5.41) is 11.2. The van der Waals surface area contributed by atoms with Crippen LogP contribution < -0.4 is 9.47 Å². The van der Waals surface area contributed by atoms with Crippen LogP contribution >= 0.6 is 27.5 Å². The van der Waals surface area contributed by atoms with Crippen LogP contribution in [0.1, 0.15) is 0 Å². The molecule has 0 aliphatic heterocycles. The molecule has 0 N–H and O–H groups in total. The van der Waals surface area contributed by atoms with Gasteiger partial charge < -0.3 is 9.47 Å². The predicted molar refractivity (Wildman–Crippen MR) is 78.9 cm³/mol. The van der Waals surface area contributed by atoms with E-state index in [0.29, 0.717) is 16.5 Å². The number of nitrogens with zero attached hydrogens (tertiary/aromatic N) is 1. The van der Waals surface area contributed by atoms with Gasteiger partial charge in [-0.15, -0.1) is 0 Å². The molecule has 0 unspecified atom stereocenters. The first-order valence-electron chi connectivity index (χ1n) is 5.46. The summed E-state index contributed by atoms with van der Waals surface area (Å²) in [4.78, 5) is 10.3. The van der Waals surface area contributed by atoms with E-state index in [2.05, 4.69) is 15.9 Å². The van der Waals surface area contributed by atoms with Crippen molar-refractivity contribution in [2.75, 3.05) is 7.11 Å². The van der Waals surface area contributed by atoms with Gasteiger partial charge in [-0.3, -0.25) is 10.1 Å². The molecule has 0 radical (unpaired) electrons. The second-order valence-corrected chi connectivity index (χ2v) is 5.09. The smallest absolute Gasteiger partial charge is 0.311 e. The summed E-state index contributed by atoms with van der Waals surface area (Å²) in [6.45, 7) is 0. The summed E-state index contributed by atoms with van der Waals surface area (Å²) in [5.41, 5.74) is -0.125. The molecule has 2 aromatic carbocycles. The minimum atomic E-state index is -0.519. The van der Waals surface area contributed by atoms with Crippen LogP contribution in [0.2, 0.25) is 5.02 Å². The van der Waals surface area contributed by atoms with E-state index in [1.807, 2.05) is 0 Å². The van der Waals surface area contributed by atoms with E-state index in [9.17, 15) is 10.1 Å². The Hall–Kier alpha value is -1.79. The Kier molecular flexibility index (Phi) is 4.46. The number of nitro benzene ring substituents is 1. The Bertz CT molecular complexity index is 663. The molecule has 0 fully saturated rings. The van der Waals surface area contributed by atoms with Crippen LogP contribution in [0.25, 0.3) is 0 Å². The van der Waals surface area contributed by atoms with E-state index in [1.54, 1.807) is 18.2 Å². The number of benzene rings is 2. The summed E-state index contributed by atoms with van der Waals surface area (Å²) in [7, 11) is 1.36. The van der Waals surface area contributed by atoms with Crippen molar-refractivity contribution in [3.05, 3.63) is 56.0 Å². The van der Waals surface area contributed by atoms with E-state index in [1.165, 1.54) is 25.3 Å². The van der Waals surface area contributed by atoms with Gasteiger partial charge in [0.2, 0.25) is 5.75 Å². The predicted octanol–water partition coefficient (Wildman–Crippen LogP) is 4.81. The van der Waals surface area contributed by atoms with Gasteiger partial charge in [0, 0.05) is 16.6 Å². The van der Waals surface area contributed by atoms with Crippen LogP contribution in [-0.2, 0) is 0 Å². The van der Waals surface area contributed by atoms with Crippen LogP contribution in [0.4, 0.5) is 5.69 Å².